The number of aromatic nitrogens is 4. The van der Waals surface area contributed by atoms with Crippen molar-refractivity contribution in [3.8, 4) is 0 Å². The van der Waals surface area contributed by atoms with Crippen LogP contribution in [0.1, 0.15) is 13.2 Å². The minimum absolute atomic E-state index is 0.0149. The Bertz CT molecular complexity index is 752. The number of ether oxygens (including phenoxy) is 2. The fourth-order valence-electron chi connectivity index (χ4n) is 2.71. The maximum Gasteiger partial charge on any atom is 0.319 e. The fraction of sp³-hybridized carbons (Fsp3) is 0.571. The second kappa shape index (κ2) is 7.27. The maximum absolute atomic E-state index is 11.3. The summed E-state index contributed by atoms with van der Waals surface area (Å²) < 4.78 is 12.0. The molecule has 5 N–H and O–H groups in total. The van der Waals surface area contributed by atoms with Gasteiger partial charge in [0, 0.05) is 6.54 Å². The van der Waals surface area contributed by atoms with Gasteiger partial charge in [-0.1, -0.05) is 0 Å². The van der Waals surface area contributed by atoms with Gasteiger partial charge in [0.1, 0.15) is 30.2 Å². The minimum Gasteiger partial charge on any atom is -0.465 e. The summed E-state index contributed by atoms with van der Waals surface area (Å²) in [5.74, 6) is -0.190. The van der Waals surface area contributed by atoms with Crippen LogP contribution in [0.25, 0.3) is 11.2 Å². The van der Waals surface area contributed by atoms with Crippen molar-refractivity contribution in [2.75, 3.05) is 25.4 Å². The molecule has 0 amide bonds. The number of anilines is 1. The van der Waals surface area contributed by atoms with Crippen LogP contribution in [0, 0.1) is 0 Å². The maximum atomic E-state index is 11.3. The molecule has 2 unspecified atom stereocenters. The number of rotatable bonds is 6. The van der Waals surface area contributed by atoms with Gasteiger partial charge >= 0.3 is 5.97 Å². The molecule has 4 atom stereocenters. The van der Waals surface area contributed by atoms with Crippen LogP contribution in [0.5, 0.6) is 0 Å². The number of fused-ring (bicyclic) bond motifs is 1. The quantitative estimate of drug-likeness (QED) is 0.436. The van der Waals surface area contributed by atoms with Gasteiger partial charge in [-0.15, -0.1) is 0 Å². The third kappa shape index (κ3) is 3.39. The first-order chi connectivity index (χ1) is 12.0. The average Bonchev–Trinajstić information content (AvgIpc) is 3.12. The van der Waals surface area contributed by atoms with E-state index < -0.39 is 30.5 Å². The highest BCUT2D eigenvalue weighted by Crippen LogP contribution is 2.31. The molecular formula is C14H20N6O5. The van der Waals surface area contributed by atoms with E-state index in [0.717, 1.165) is 0 Å². The molecule has 3 rings (SSSR count). The van der Waals surface area contributed by atoms with Crippen LogP contribution < -0.4 is 11.1 Å². The van der Waals surface area contributed by atoms with E-state index in [1.54, 1.807) is 6.92 Å². The van der Waals surface area contributed by atoms with Gasteiger partial charge in [-0.3, -0.25) is 9.36 Å². The molecule has 11 heteroatoms. The number of nitrogens with two attached hydrogens (primary N) is 1. The van der Waals surface area contributed by atoms with E-state index in [4.69, 9.17) is 15.2 Å². The second-order valence-electron chi connectivity index (χ2n) is 5.57. The first kappa shape index (κ1) is 17.5. The lowest BCUT2D eigenvalue weighted by Crippen LogP contribution is -2.39. The van der Waals surface area contributed by atoms with Crippen LogP contribution in [0.2, 0.25) is 0 Å². The molecule has 25 heavy (non-hydrogen) atoms. The van der Waals surface area contributed by atoms with Crippen molar-refractivity contribution in [3.05, 3.63) is 12.7 Å². The Morgan fingerprint density at radius 3 is 2.96 bits per heavy atom. The van der Waals surface area contributed by atoms with Crippen LogP contribution in [0.3, 0.4) is 0 Å². The number of hydrogen-bond acceptors (Lipinski definition) is 10. The molecule has 0 saturated carbocycles. The molecule has 2 aromatic heterocycles. The van der Waals surface area contributed by atoms with Crippen molar-refractivity contribution in [3.63, 3.8) is 0 Å². The summed E-state index contributed by atoms with van der Waals surface area (Å²) in [6, 6.07) is 0. The summed E-state index contributed by atoms with van der Waals surface area (Å²) in [6.07, 6.45) is -1.23. The second-order valence-corrected chi connectivity index (χ2v) is 5.57. The van der Waals surface area contributed by atoms with Crippen molar-refractivity contribution >= 4 is 23.0 Å². The van der Waals surface area contributed by atoms with Gasteiger partial charge in [-0.2, -0.15) is 0 Å². The predicted octanol–water partition coefficient (Wildman–Crippen LogP) is -1.82. The number of aliphatic hydroxyl groups excluding tert-OH is 2. The van der Waals surface area contributed by atoms with Crippen LogP contribution in [-0.4, -0.2) is 73.7 Å². The highest BCUT2D eigenvalue weighted by molar-refractivity contribution is 5.81. The molecule has 3 heterocycles. The topological polar surface area (TPSA) is 158 Å². The van der Waals surface area contributed by atoms with Gasteiger partial charge in [-0.25, -0.2) is 15.0 Å². The smallest absolute Gasteiger partial charge is 0.319 e. The summed E-state index contributed by atoms with van der Waals surface area (Å²) in [7, 11) is 0. The number of esters is 1. The SMILES string of the molecule is CCOC(=O)CNC[C@H]1O[C@@H](n2cnc3c(N)ncnc32)C(O)C1O. The van der Waals surface area contributed by atoms with Crippen molar-refractivity contribution in [2.24, 2.45) is 0 Å². The van der Waals surface area contributed by atoms with Gasteiger partial charge in [0.15, 0.2) is 17.7 Å². The third-order valence-electron chi connectivity index (χ3n) is 3.92. The zero-order chi connectivity index (χ0) is 18.0. The fourth-order valence-corrected chi connectivity index (χ4v) is 2.71. The first-order valence-corrected chi connectivity index (χ1v) is 7.83. The number of nitrogen functional groups attached to an aromatic ring is 1. The summed E-state index contributed by atoms with van der Waals surface area (Å²) >= 11 is 0. The molecule has 1 aliphatic rings. The van der Waals surface area contributed by atoms with E-state index >= 15 is 0 Å². The number of aliphatic hydroxyl groups is 2. The predicted molar refractivity (Wildman–Crippen MR) is 85.2 cm³/mol. The van der Waals surface area contributed by atoms with Crippen molar-refractivity contribution in [2.45, 2.75) is 31.5 Å². The molecule has 1 fully saturated rings. The molecule has 0 bridgehead atoms. The van der Waals surface area contributed by atoms with Gasteiger partial charge in [0.05, 0.1) is 19.5 Å². The Labute approximate surface area is 142 Å². The minimum atomic E-state index is -1.19. The number of carbonyl (C=O) groups is 1. The number of nitrogens with zero attached hydrogens (tertiary/aromatic N) is 4. The van der Waals surface area contributed by atoms with E-state index in [0.29, 0.717) is 17.8 Å². The lowest BCUT2D eigenvalue weighted by molar-refractivity contribution is -0.142. The summed E-state index contributed by atoms with van der Waals surface area (Å²) in [5, 5.41) is 23.3. The van der Waals surface area contributed by atoms with Crippen molar-refractivity contribution in [1.29, 1.82) is 0 Å². The van der Waals surface area contributed by atoms with E-state index in [2.05, 4.69) is 20.3 Å². The van der Waals surface area contributed by atoms with Gasteiger partial charge in [0.2, 0.25) is 0 Å². The average molecular weight is 352 g/mol. The van der Waals surface area contributed by atoms with Gasteiger partial charge in [0.25, 0.3) is 0 Å². The largest absolute Gasteiger partial charge is 0.465 e. The van der Waals surface area contributed by atoms with E-state index in [-0.39, 0.29) is 18.9 Å². The van der Waals surface area contributed by atoms with Gasteiger partial charge in [-0.05, 0) is 6.92 Å². The number of imidazole rings is 1. The van der Waals surface area contributed by atoms with Crippen LogP contribution >= 0.6 is 0 Å². The number of carbonyl (C=O) groups excluding carboxylic acids is 1. The standard InChI is InChI=1S/C14H20N6O5/c1-2-24-8(21)4-16-3-7-10(22)11(23)14(25-7)20-6-19-9-12(15)17-5-18-13(9)20/h5-7,10-11,14,16,22-23H,2-4H2,1H3,(H2,15,17,18)/t7-,10?,11?,14-/m1/s1. The van der Waals surface area contributed by atoms with E-state index in [1.165, 1.54) is 17.2 Å². The number of nitrogens with one attached hydrogen (secondary N) is 1. The van der Waals surface area contributed by atoms with Crippen LogP contribution in [-0.2, 0) is 14.3 Å². The molecule has 11 nitrogen and oxygen atoms in total. The van der Waals surface area contributed by atoms with E-state index in [9.17, 15) is 15.0 Å². The molecule has 1 saturated heterocycles. The summed E-state index contributed by atoms with van der Waals surface area (Å²) in [6.45, 7) is 2.16. The van der Waals surface area contributed by atoms with E-state index in [1.807, 2.05) is 0 Å². The lowest BCUT2D eigenvalue weighted by atomic mass is 10.1. The molecular weight excluding hydrogens is 332 g/mol. The molecule has 0 radical (unpaired) electrons. The normalized spacial score (nSPS) is 26.2. The summed E-state index contributed by atoms with van der Waals surface area (Å²) in [4.78, 5) is 23.4. The Balaban J connectivity index is 1.69. The van der Waals surface area contributed by atoms with Gasteiger partial charge < -0.3 is 30.7 Å². The molecule has 0 aromatic carbocycles. The summed E-state index contributed by atoms with van der Waals surface area (Å²) in [5.41, 5.74) is 6.52. The Morgan fingerprint density at radius 1 is 1.40 bits per heavy atom. The molecule has 1 aliphatic heterocycles. The van der Waals surface area contributed by atoms with Crippen LogP contribution in [0.15, 0.2) is 12.7 Å². The Morgan fingerprint density at radius 2 is 2.20 bits per heavy atom. The monoisotopic (exact) mass is 352 g/mol. The highest BCUT2D eigenvalue weighted by atomic mass is 16.6. The van der Waals surface area contributed by atoms with Crippen molar-refractivity contribution in [1.82, 2.24) is 24.8 Å². The molecule has 0 spiro atoms. The number of hydrogen-bond donors (Lipinski definition) is 4. The van der Waals surface area contributed by atoms with Crippen molar-refractivity contribution < 1.29 is 24.5 Å². The zero-order valence-corrected chi connectivity index (χ0v) is 13.6. The first-order valence-electron chi connectivity index (χ1n) is 7.83. The Hall–Kier alpha value is -2.34. The molecule has 0 aliphatic carbocycles. The molecule has 136 valence electrons. The zero-order valence-electron chi connectivity index (χ0n) is 13.6. The third-order valence-corrected chi connectivity index (χ3v) is 3.92. The highest BCUT2D eigenvalue weighted by Gasteiger charge is 2.44. The van der Waals surface area contributed by atoms with Crippen LogP contribution in [0.4, 0.5) is 5.82 Å². The molecule has 2 aromatic rings. The lowest BCUT2D eigenvalue weighted by Gasteiger charge is -2.16. The Kier molecular flexibility index (Phi) is 5.08.